The van der Waals surface area contributed by atoms with Crippen molar-refractivity contribution in [2.45, 2.75) is 63.8 Å². The zero-order valence-electron chi connectivity index (χ0n) is 19.4. The number of hydrogen-bond donors (Lipinski definition) is 1. The van der Waals surface area contributed by atoms with Crippen LogP contribution in [-0.2, 0) is 0 Å². The third-order valence-corrected chi connectivity index (χ3v) is 7.29. The molecular weight excluding hydrogens is 404 g/mol. The van der Waals surface area contributed by atoms with Gasteiger partial charge in [-0.1, -0.05) is 80.8 Å². The van der Waals surface area contributed by atoms with Gasteiger partial charge in [-0.15, -0.1) is 0 Å². The van der Waals surface area contributed by atoms with Gasteiger partial charge in [0.1, 0.15) is 0 Å². The summed E-state index contributed by atoms with van der Waals surface area (Å²) >= 11 is 0. The minimum Gasteiger partial charge on any atom is -0.345 e. The number of amides is 1. The van der Waals surface area contributed by atoms with Gasteiger partial charge in [-0.25, -0.2) is 0 Å². The Labute approximate surface area is 196 Å². The Morgan fingerprint density at radius 1 is 1.00 bits per heavy atom. The van der Waals surface area contributed by atoms with Crippen LogP contribution in [0.1, 0.15) is 73.7 Å². The van der Waals surface area contributed by atoms with Crippen LogP contribution < -0.4 is 5.32 Å². The molecule has 2 aromatic carbocycles. The van der Waals surface area contributed by atoms with E-state index >= 15 is 0 Å². The van der Waals surface area contributed by atoms with Gasteiger partial charge in [0, 0.05) is 11.6 Å². The molecule has 33 heavy (non-hydrogen) atoms. The Bertz CT molecular complexity index is 1200. The fourth-order valence-corrected chi connectivity index (χ4v) is 5.34. The molecule has 0 aliphatic heterocycles. The van der Waals surface area contributed by atoms with Gasteiger partial charge in [-0.2, -0.15) is 0 Å². The molecule has 2 aliphatic carbocycles. The zero-order valence-corrected chi connectivity index (χ0v) is 19.4. The number of hydrogen-bond acceptors (Lipinski definition) is 2. The highest BCUT2D eigenvalue weighted by Crippen LogP contribution is 2.34. The first-order valence-corrected chi connectivity index (χ1v) is 12.4. The monoisotopic (exact) mass is 436 g/mol. The van der Waals surface area contributed by atoms with Gasteiger partial charge in [-0.3, -0.25) is 9.78 Å². The highest BCUT2D eigenvalue weighted by molar-refractivity contribution is 6.06. The van der Waals surface area contributed by atoms with E-state index in [0.717, 1.165) is 35.2 Å². The smallest absolute Gasteiger partial charge is 0.252 e. The van der Waals surface area contributed by atoms with Crippen molar-refractivity contribution in [1.82, 2.24) is 10.3 Å². The van der Waals surface area contributed by atoms with Crippen LogP contribution in [-0.4, -0.2) is 16.9 Å². The summed E-state index contributed by atoms with van der Waals surface area (Å²) in [5.41, 5.74) is 6.60. The van der Waals surface area contributed by atoms with Crippen molar-refractivity contribution in [2.24, 2.45) is 0 Å². The number of nitrogens with zero attached hydrogens (tertiary/aromatic N) is 1. The molecule has 5 rings (SSSR count). The summed E-state index contributed by atoms with van der Waals surface area (Å²) in [5.74, 6) is 0.682. The van der Waals surface area contributed by atoms with E-state index in [4.69, 9.17) is 0 Å². The third kappa shape index (κ3) is 4.64. The molecule has 1 unspecified atom stereocenters. The van der Waals surface area contributed by atoms with Gasteiger partial charge in [0.05, 0.1) is 17.1 Å². The van der Waals surface area contributed by atoms with Crippen LogP contribution in [0, 0.1) is 0 Å². The lowest BCUT2D eigenvalue weighted by Gasteiger charge is -2.22. The molecule has 1 aromatic heterocycles. The SMILES string of the molecule is CCC1=CC=CCC1NC(=O)c1ccnc2cc(-c3ccc(C4CCCCC4)cc3)ccc12. The summed E-state index contributed by atoms with van der Waals surface area (Å²) in [6, 6.07) is 17.2. The van der Waals surface area contributed by atoms with Crippen LogP contribution in [0.2, 0.25) is 0 Å². The number of nitrogens with one attached hydrogen (secondary N) is 1. The Kier molecular flexibility index (Phi) is 6.39. The van der Waals surface area contributed by atoms with E-state index in [1.165, 1.54) is 48.8 Å². The molecule has 0 bridgehead atoms. The van der Waals surface area contributed by atoms with E-state index in [-0.39, 0.29) is 11.9 Å². The maximum Gasteiger partial charge on any atom is 0.252 e. The maximum atomic E-state index is 13.1. The first-order chi connectivity index (χ1) is 16.2. The van der Waals surface area contributed by atoms with E-state index in [1.807, 2.05) is 12.1 Å². The molecule has 0 radical (unpaired) electrons. The Morgan fingerprint density at radius 3 is 2.58 bits per heavy atom. The summed E-state index contributed by atoms with van der Waals surface area (Å²) in [6.07, 6.45) is 16.5. The third-order valence-electron chi connectivity index (χ3n) is 7.29. The fourth-order valence-electron chi connectivity index (χ4n) is 5.34. The predicted molar refractivity (Wildman–Crippen MR) is 136 cm³/mol. The van der Waals surface area contributed by atoms with E-state index in [9.17, 15) is 4.79 Å². The van der Waals surface area contributed by atoms with Crippen molar-refractivity contribution >= 4 is 16.8 Å². The first-order valence-electron chi connectivity index (χ1n) is 12.4. The van der Waals surface area contributed by atoms with Crippen LogP contribution in [0.4, 0.5) is 0 Å². The number of carbonyl (C=O) groups excluding carboxylic acids is 1. The van der Waals surface area contributed by atoms with E-state index in [2.05, 4.69) is 71.9 Å². The highest BCUT2D eigenvalue weighted by Gasteiger charge is 2.19. The predicted octanol–water partition coefficient (Wildman–Crippen LogP) is 7.34. The second kappa shape index (κ2) is 9.74. The standard InChI is InChI=1S/C30H32N2O/c1-2-21-8-6-7-11-28(21)32-30(33)27-18-19-31-29-20-25(16-17-26(27)29)24-14-12-23(13-15-24)22-9-4-3-5-10-22/h6-8,12-20,22,28H,2-5,9-11H2,1H3,(H,32,33). The number of allylic oxidation sites excluding steroid dienone is 2. The minimum atomic E-state index is -0.0355. The van der Waals surface area contributed by atoms with Crippen LogP contribution in [0.15, 0.2) is 78.5 Å². The molecule has 1 fully saturated rings. The van der Waals surface area contributed by atoms with Gasteiger partial charge in [0.25, 0.3) is 5.91 Å². The lowest BCUT2D eigenvalue weighted by Crippen LogP contribution is -2.36. The van der Waals surface area contributed by atoms with Crippen molar-refractivity contribution < 1.29 is 4.79 Å². The van der Waals surface area contributed by atoms with Crippen molar-refractivity contribution in [1.29, 1.82) is 0 Å². The minimum absolute atomic E-state index is 0.0355. The zero-order chi connectivity index (χ0) is 22.6. The number of pyridine rings is 1. The number of carbonyl (C=O) groups is 1. The molecule has 3 nitrogen and oxygen atoms in total. The van der Waals surface area contributed by atoms with Gasteiger partial charge < -0.3 is 5.32 Å². The lowest BCUT2D eigenvalue weighted by atomic mass is 9.83. The van der Waals surface area contributed by atoms with Gasteiger partial charge in [-0.05, 0) is 66.0 Å². The van der Waals surface area contributed by atoms with Crippen LogP contribution in [0.3, 0.4) is 0 Å². The topological polar surface area (TPSA) is 42.0 Å². The molecule has 1 atom stereocenters. The summed E-state index contributed by atoms with van der Waals surface area (Å²) in [4.78, 5) is 17.7. The summed E-state index contributed by atoms with van der Waals surface area (Å²) in [7, 11) is 0. The van der Waals surface area contributed by atoms with Gasteiger partial charge >= 0.3 is 0 Å². The van der Waals surface area contributed by atoms with Crippen LogP contribution in [0.5, 0.6) is 0 Å². The van der Waals surface area contributed by atoms with E-state index in [0.29, 0.717) is 5.56 Å². The molecule has 1 amide bonds. The summed E-state index contributed by atoms with van der Waals surface area (Å²) < 4.78 is 0. The average molecular weight is 437 g/mol. The molecule has 3 aromatic rings. The molecular formula is C30H32N2O. The summed E-state index contributed by atoms with van der Waals surface area (Å²) in [5, 5.41) is 4.12. The summed E-state index contributed by atoms with van der Waals surface area (Å²) in [6.45, 7) is 2.13. The molecule has 1 saturated carbocycles. The van der Waals surface area contributed by atoms with Crippen molar-refractivity contribution in [2.75, 3.05) is 0 Å². The highest BCUT2D eigenvalue weighted by atomic mass is 16.1. The second-order valence-electron chi connectivity index (χ2n) is 9.33. The van der Waals surface area contributed by atoms with Crippen molar-refractivity contribution in [3.05, 3.63) is 89.7 Å². The first kappa shape index (κ1) is 21.6. The quantitative estimate of drug-likeness (QED) is 0.454. The van der Waals surface area contributed by atoms with Gasteiger partial charge in [0.2, 0.25) is 0 Å². The van der Waals surface area contributed by atoms with Crippen molar-refractivity contribution in [3.63, 3.8) is 0 Å². The number of aromatic nitrogens is 1. The molecule has 2 aliphatic rings. The second-order valence-corrected chi connectivity index (χ2v) is 9.33. The molecule has 1 heterocycles. The van der Waals surface area contributed by atoms with E-state index < -0.39 is 0 Å². The molecule has 168 valence electrons. The Balaban J connectivity index is 1.37. The number of benzene rings is 2. The Morgan fingerprint density at radius 2 is 1.79 bits per heavy atom. The lowest BCUT2D eigenvalue weighted by molar-refractivity contribution is 0.0944. The maximum absolute atomic E-state index is 13.1. The van der Waals surface area contributed by atoms with Crippen LogP contribution in [0.25, 0.3) is 22.0 Å². The molecule has 0 saturated heterocycles. The molecule has 0 spiro atoms. The largest absolute Gasteiger partial charge is 0.345 e. The van der Waals surface area contributed by atoms with E-state index in [1.54, 1.807) is 6.20 Å². The molecule has 3 heteroatoms. The molecule has 1 N–H and O–H groups in total. The average Bonchev–Trinajstić information content (AvgIpc) is 2.89. The Hall–Kier alpha value is -3.20. The normalized spacial score (nSPS) is 18.8. The van der Waals surface area contributed by atoms with Crippen molar-refractivity contribution in [3.8, 4) is 11.1 Å². The van der Waals surface area contributed by atoms with Crippen LogP contribution >= 0.6 is 0 Å². The fraction of sp³-hybridized carbons (Fsp3) is 0.333. The number of fused-ring (bicyclic) bond motifs is 1. The number of rotatable bonds is 5. The van der Waals surface area contributed by atoms with Gasteiger partial charge in [0.15, 0.2) is 0 Å².